The molecule has 4 heteroatoms. The summed E-state index contributed by atoms with van der Waals surface area (Å²) in [5, 5.41) is 27.0. The summed E-state index contributed by atoms with van der Waals surface area (Å²) in [4.78, 5) is 0. The van der Waals surface area contributed by atoms with Gasteiger partial charge in [-0.2, -0.15) is 10.4 Å². The number of aliphatic hydroxyl groups excluding tert-OH is 1. The molecule has 0 aliphatic heterocycles. The molecule has 1 unspecified atom stereocenters. The van der Waals surface area contributed by atoms with Crippen LogP contribution in [0.1, 0.15) is 38.4 Å². The Balaban J connectivity index is 2.24. The number of H-pyrrole nitrogens is 1. The van der Waals surface area contributed by atoms with Gasteiger partial charge in [0.15, 0.2) is 0 Å². The Hall–Kier alpha value is -1.60. The van der Waals surface area contributed by atoms with Gasteiger partial charge in [-0.15, -0.1) is 0 Å². The molecule has 2 aliphatic carbocycles. The Morgan fingerprint density at radius 3 is 2.89 bits per heavy atom. The largest absolute Gasteiger partial charge is 0.387 e. The molecular weight excluding hydrogens is 238 g/mol. The van der Waals surface area contributed by atoms with Gasteiger partial charge in [0, 0.05) is 11.1 Å². The van der Waals surface area contributed by atoms with Crippen molar-refractivity contribution < 1.29 is 5.11 Å². The summed E-state index contributed by atoms with van der Waals surface area (Å²) in [5.74, 6) is 0.306. The van der Waals surface area contributed by atoms with Crippen LogP contribution in [0.4, 0.5) is 0 Å². The fourth-order valence-electron chi connectivity index (χ4n) is 4.15. The number of rotatable bonds is 0. The number of hydrogen-bond acceptors (Lipinski definition) is 3. The maximum atomic E-state index is 10.4. The van der Waals surface area contributed by atoms with Crippen molar-refractivity contribution in [2.24, 2.45) is 11.3 Å². The summed E-state index contributed by atoms with van der Waals surface area (Å²) in [6.07, 6.45) is 5.15. The molecule has 0 fully saturated rings. The molecule has 2 N–H and O–H groups in total. The van der Waals surface area contributed by atoms with E-state index in [0.717, 1.165) is 18.5 Å². The molecule has 1 aromatic rings. The molecule has 1 aromatic heterocycles. The number of nitrogens with one attached hydrogen (secondary N) is 1. The second-order valence-corrected chi connectivity index (χ2v) is 6.58. The highest BCUT2D eigenvalue weighted by molar-refractivity contribution is 5.44. The Morgan fingerprint density at radius 1 is 1.47 bits per heavy atom. The lowest BCUT2D eigenvalue weighted by molar-refractivity contribution is -0.0101. The third-order valence-electron chi connectivity index (χ3n) is 5.16. The van der Waals surface area contributed by atoms with Gasteiger partial charge in [0.25, 0.3) is 0 Å². The minimum absolute atomic E-state index is 0.238. The van der Waals surface area contributed by atoms with E-state index in [1.807, 2.05) is 12.3 Å². The van der Waals surface area contributed by atoms with Gasteiger partial charge in [0.2, 0.25) is 0 Å². The van der Waals surface area contributed by atoms with Crippen LogP contribution < -0.4 is 0 Å². The SMILES string of the molecule is CC1(C)C(O)C(C#N)=C[C@]2(C)c3[nH]ncc3CC[C@@H]12. The molecule has 2 aliphatic rings. The molecule has 100 valence electrons. The zero-order chi connectivity index (χ0) is 13.8. The van der Waals surface area contributed by atoms with Crippen molar-refractivity contribution in [2.45, 2.75) is 45.1 Å². The van der Waals surface area contributed by atoms with Gasteiger partial charge in [-0.05, 0) is 29.7 Å². The van der Waals surface area contributed by atoms with Crippen LogP contribution in [0.25, 0.3) is 0 Å². The highest BCUT2D eigenvalue weighted by Crippen LogP contribution is 2.55. The second-order valence-electron chi connectivity index (χ2n) is 6.58. The number of aromatic nitrogens is 2. The van der Waals surface area contributed by atoms with Crippen LogP contribution in [0.5, 0.6) is 0 Å². The van der Waals surface area contributed by atoms with Crippen LogP contribution in [-0.4, -0.2) is 21.4 Å². The molecule has 3 atom stereocenters. The summed E-state index contributed by atoms with van der Waals surface area (Å²) in [6, 6.07) is 2.17. The van der Waals surface area contributed by atoms with E-state index >= 15 is 0 Å². The van der Waals surface area contributed by atoms with Gasteiger partial charge >= 0.3 is 0 Å². The van der Waals surface area contributed by atoms with Crippen LogP contribution in [-0.2, 0) is 11.8 Å². The van der Waals surface area contributed by atoms with E-state index in [4.69, 9.17) is 0 Å². The third kappa shape index (κ3) is 1.45. The average molecular weight is 257 g/mol. The lowest BCUT2D eigenvalue weighted by Gasteiger charge is -2.52. The fourth-order valence-corrected chi connectivity index (χ4v) is 4.15. The van der Waals surface area contributed by atoms with Crippen LogP contribution in [0.2, 0.25) is 0 Å². The summed E-state index contributed by atoms with van der Waals surface area (Å²) < 4.78 is 0. The van der Waals surface area contributed by atoms with Gasteiger partial charge in [-0.1, -0.05) is 26.8 Å². The molecule has 0 saturated heterocycles. The predicted octanol–water partition coefficient (Wildman–Crippen LogP) is 2.08. The molecule has 0 amide bonds. The Kier molecular flexibility index (Phi) is 2.42. The second kappa shape index (κ2) is 3.71. The van der Waals surface area contributed by atoms with Crippen LogP contribution in [0, 0.1) is 22.7 Å². The van der Waals surface area contributed by atoms with Crippen molar-refractivity contribution in [3.8, 4) is 6.07 Å². The van der Waals surface area contributed by atoms with Crippen LogP contribution >= 0.6 is 0 Å². The molecule has 0 aromatic carbocycles. The van der Waals surface area contributed by atoms with Gasteiger partial charge in [0.05, 0.1) is 23.9 Å². The van der Waals surface area contributed by atoms with E-state index in [9.17, 15) is 10.4 Å². The van der Waals surface area contributed by atoms with E-state index < -0.39 is 6.10 Å². The standard InChI is InChI=1S/C15H19N3O/c1-14(2)11-5-4-9-8-17-18-12(9)15(11,3)6-10(7-16)13(14)19/h6,8,11,13,19H,4-5H2,1-3H3,(H,17,18)/t11-,13?,15-/m0/s1. The minimum atomic E-state index is -0.681. The van der Waals surface area contributed by atoms with E-state index in [0.29, 0.717) is 11.5 Å². The Labute approximate surface area is 113 Å². The number of nitriles is 1. The van der Waals surface area contributed by atoms with E-state index in [1.54, 1.807) is 0 Å². The first-order chi connectivity index (χ1) is 8.91. The van der Waals surface area contributed by atoms with E-state index in [2.05, 4.69) is 37.0 Å². The highest BCUT2D eigenvalue weighted by Gasteiger charge is 2.54. The van der Waals surface area contributed by atoms with Crippen LogP contribution in [0.15, 0.2) is 17.8 Å². The first-order valence-corrected chi connectivity index (χ1v) is 6.75. The zero-order valence-corrected chi connectivity index (χ0v) is 11.6. The predicted molar refractivity (Wildman–Crippen MR) is 71.2 cm³/mol. The van der Waals surface area contributed by atoms with Crippen molar-refractivity contribution in [1.82, 2.24) is 10.2 Å². The molecule has 3 rings (SSSR count). The monoisotopic (exact) mass is 257 g/mol. The van der Waals surface area contributed by atoms with E-state index in [-0.39, 0.29) is 10.8 Å². The lowest BCUT2D eigenvalue weighted by atomic mass is 9.52. The summed E-state index contributed by atoms with van der Waals surface area (Å²) in [5.41, 5.74) is 2.28. The topological polar surface area (TPSA) is 72.7 Å². The van der Waals surface area contributed by atoms with Gasteiger partial charge in [-0.3, -0.25) is 5.10 Å². The first kappa shape index (κ1) is 12.4. The molecule has 4 nitrogen and oxygen atoms in total. The molecule has 0 radical (unpaired) electrons. The number of nitrogens with zero attached hydrogens (tertiary/aromatic N) is 2. The quantitative estimate of drug-likeness (QED) is 0.747. The van der Waals surface area contributed by atoms with Crippen molar-refractivity contribution in [2.75, 3.05) is 0 Å². The average Bonchev–Trinajstić information content (AvgIpc) is 2.83. The lowest BCUT2D eigenvalue weighted by Crippen LogP contribution is -2.52. The summed E-state index contributed by atoms with van der Waals surface area (Å²) in [6.45, 7) is 6.28. The number of allylic oxidation sites excluding steroid dienone is 1. The number of aromatic amines is 1. The maximum absolute atomic E-state index is 10.4. The summed E-state index contributed by atoms with van der Waals surface area (Å²) >= 11 is 0. The normalized spacial score (nSPS) is 35.8. The maximum Gasteiger partial charge on any atom is 0.0971 e. The van der Waals surface area contributed by atoms with Gasteiger partial charge in [0.1, 0.15) is 0 Å². The molecule has 0 spiro atoms. The summed E-state index contributed by atoms with van der Waals surface area (Å²) in [7, 11) is 0. The minimum Gasteiger partial charge on any atom is -0.387 e. The van der Waals surface area contributed by atoms with Gasteiger partial charge in [-0.25, -0.2) is 0 Å². The Bertz CT molecular complexity index is 593. The smallest absolute Gasteiger partial charge is 0.0971 e. The molecule has 0 saturated carbocycles. The van der Waals surface area contributed by atoms with Gasteiger partial charge < -0.3 is 5.11 Å². The zero-order valence-electron chi connectivity index (χ0n) is 11.6. The highest BCUT2D eigenvalue weighted by atomic mass is 16.3. The number of aryl methyl sites for hydroxylation is 1. The Morgan fingerprint density at radius 2 is 2.21 bits per heavy atom. The molecular formula is C15H19N3O. The number of fused-ring (bicyclic) bond motifs is 3. The number of hydrogen-bond donors (Lipinski definition) is 2. The van der Waals surface area contributed by atoms with Crippen LogP contribution in [0.3, 0.4) is 0 Å². The molecule has 19 heavy (non-hydrogen) atoms. The van der Waals surface area contributed by atoms with Crippen molar-refractivity contribution in [3.63, 3.8) is 0 Å². The first-order valence-electron chi connectivity index (χ1n) is 6.75. The van der Waals surface area contributed by atoms with E-state index in [1.165, 1.54) is 5.56 Å². The molecule has 0 bridgehead atoms. The molecule has 1 heterocycles. The van der Waals surface area contributed by atoms with Crippen molar-refractivity contribution in [3.05, 3.63) is 29.1 Å². The van der Waals surface area contributed by atoms with Crippen molar-refractivity contribution >= 4 is 0 Å². The third-order valence-corrected chi connectivity index (χ3v) is 5.16. The van der Waals surface area contributed by atoms with Crippen molar-refractivity contribution in [1.29, 1.82) is 5.26 Å². The number of aliphatic hydroxyl groups is 1. The fraction of sp³-hybridized carbons (Fsp3) is 0.600.